The zero-order chi connectivity index (χ0) is 12.5. The second-order valence-corrected chi connectivity index (χ2v) is 7.15. The van der Waals surface area contributed by atoms with Crippen LogP contribution in [0.4, 0.5) is 0 Å². The molecule has 0 saturated carbocycles. The van der Waals surface area contributed by atoms with Crippen LogP contribution >= 0.6 is 22.9 Å². The Morgan fingerprint density at radius 2 is 2.11 bits per heavy atom. The van der Waals surface area contributed by atoms with Gasteiger partial charge in [-0.05, 0) is 45.8 Å². The zero-order valence-corrected chi connectivity index (χ0v) is 12.4. The molecule has 100 valence electrons. The van der Waals surface area contributed by atoms with Gasteiger partial charge in [0, 0.05) is 29.7 Å². The van der Waals surface area contributed by atoms with E-state index in [4.69, 9.17) is 11.6 Å². The van der Waals surface area contributed by atoms with Crippen molar-refractivity contribution in [2.75, 3.05) is 20.1 Å². The van der Waals surface area contributed by atoms with Crippen LogP contribution in [0.25, 0.3) is 0 Å². The first-order chi connectivity index (χ1) is 8.74. The number of likely N-dealkylation sites (tertiary alicyclic amines) is 2. The Balaban J connectivity index is 1.67. The molecule has 18 heavy (non-hydrogen) atoms. The summed E-state index contributed by atoms with van der Waals surface area (Å²) in [5.41, 5.74) is 0. The monoisotopic (exact) mass is 285 g/mol. The molecule has 0 bridgehead atoms. The maximum Gasteiger partial charge on any atom is 0.183 e. The molecule has 1 aromatic rings. The Morgan fingerprint density at radius 1 is 1.33 bits per heavy atom. The van der Waals surface area contributed by atoms with Gasteiger partial charge >= 0.3 is 0 Å². The molecule has 2 fully saturated rings. The second-order valence-electron chi connectivity index (χ2n) is 5.45. The number of aromatic nitrogens is 1. The summed E-state index contributed by atoms with van der Waals surface area (Å²) in [6.45, 7) is 3.52. The van der Waals surface area contributed by atoms with E-state index in [9.17, 15) is 0 Å². The molecule has 0 aliphatic carbocycles. The topological polar surface area (TPSA) is 19.4 Å². The van der Waals surface area contributed by atoms with Gasteiger partial charge in [-0.2, -0.15) is 0 Å². The molecule has 0 radical (unpaired) electrons. The smallest absolute Gasteiger partial charge is 0.183 e. The molecular formula is C13H20ClN3S. The van der Waals surface area contributed by atoms with Crippen molar-refractivity contribution < 1.29 is 0 Å². The lowest BCUT2D eigenvalue weighted by Crippen LogP contribution is -2.44. The van der Waals surface area contributed by atoms with E-state index in [1.54, 1.807) is 11.3 Å². The Labute approximate surface area is 118 Å². The molecule has 0 unspecified atom stereocenters. The third-order valence-electron chi connectivity index (χ3n) is 4.32. The highest BCUT2D eigenvalue weighted by molar-refractivity contribution is 7.15. The molecule has 3 nitrogen and oxygen atoms in total. The van der Waals surface area contributed by atoms with E-state index in [1.165, 1.54) is 43.6 Å². The SMILES string of the molecule is CN1CCC[C@@H]1[C@H]1CCCN1Cc1cnc(Cl)s1. The fourth-order valence-corrected chi connectivity index (χ4v) is 4.47. The third kappa shape index (κ3) is 2.57. The van der Waals surface area contributed by atoms with Crippen molar-refractivity contribution in [2.24, 2.45) is 0 Å². The van der Waals surface area contributed by atoms with Crippen molar-refractivity contribution in [3.8, 4) is 0 Å². The number of hydrogen-bond acceptors (Lipinski definition) is 4. The summed E-state index contributed by atoms with van der Waals surface area (Å²) in [6, 6.07) is 1.49. The molecule has 2 saturated heterocycles. The second kappa shape index (κ2) is 5.45. The summed E-state index contributed by atoms with van der Waals surface area (Å²) in [5.74, 6) is 0. The first-order valence-corrected chi connectivity index (χ1v) is 7.98. The van der Waals surface area contributed by atoms with E-state index in [-0.39, 0.29) is 0 Å². The average Bonchev–Trinajstić information content (AvgIpc) is 3.02. The van der Waals surface area contributed by atoms with E-state index < -0.39 is 0 Å². The molecule has 2 aliphatic heterocycles. The summed E-state index contributed by atoms with van der Waals surface area (Å²) in [5, 5.41) is 0. The maximum absolute atomic E-state index is 5.91. The summed E-state index contributed by atoms with van der Waals surface area (Å²) in [6.07, 6.45) is 7.34. The Morgan fingerprint density at radius 3 is 2.78 bits per heavy atom. The quantitative estimate of drug-likeness (QED) is 0.851. The van der Waals surface area contributed by atoms with Crippen LogP contribution in [0.1, 0.15) is 30.6 Å². The minimum Gasteiger partial charge on any atom is -0.302 e. The number of halogens is 1. The van der Waals surface area contributed by atoms with E-state index in [1.807, 2.05) is 6.20 Å². The zero-order valence-electron chi connectivity index (χ0n) is 10.8. The first-order valence-electron chi connectivity index (χ1n) is 6.78. The minimum absolute atomic E-state index is 0.665. The van der Waals surface area contributed by atoms with E-state index in [0.29, 0.717) is 4.47 Å². The predicted molar refractivity (Wildman–Crippen MR) is 76.2 cm³/mol. The predicted octanol–water partition coefficient (Wildman–Crippen LogP) is 2.86. The van der Waals surface area contributed by atoms with Crippen LogP contribution in [0.2, 0.25) is 4.47 Å². The molecule has 5 heteroatoms. The largest absolute Gasteiger partial charge is 0.302 e. The Bertz CT molecular complexity index is 409. The van der Waals surface area contributed by atoms with Crippen molar-refractivity contribution in [3.05, 3.63) is 15.5 Å². The van der Waals surface area contributed by atoms with Crippen LogP contribution in [-0.4, -0.2) is 47.0 Å². The summed E-state index contributed by atoms with van der Waals surface area (Å²) in [7, 11) is 2.28. The van der Waals surface area contributed by atoms with Crippen molar-refractivity contribution in [1.29, 1.82) is 0 Å². The molecule has 0 aromatic carbocycles. The van der Waals surface area contributed by atoms with Gasteiger partial charge in [0.2, 0.25) is 0 Å². The van der Waals surface area contributed by atoms with Crippen LogP contribution in [0, 0.1) is 0 Å². The van der Waals surface area contributed by atoms with E-state index in [0.717, 1.165) is 18.6 Å². The van der Waals surface area contributed by atoms with Crippen molar-refractivity contribution in [2.45, 2.75) is 44.3 Å². The standard InChI is InChI=1S/C13H20ClN3S/c1-16-6-2-4-11(16)12-5-3-7-17(12)9-10-8-15-13(14)18-10/h8,11-12H,2-7,9H2,1H3/t11-,12-/m1/s1. The first kappa shape index (κ1) is 12.9. The van der Waals surface area contributed by atoms with Gasteiger partial charge in [0.1, 0.15) is 0 Å². The van der Waals surface area contributed by atoms with Gasteiger partial charge in [-0.15, -0.1) is 11.3 Å². The van der Waals surface area contributed by atoms with Gasteiger partial charge in [-0.1, -0.05) is 11.6 Å². The molecule has 0 spiro atoms. The minimum atomic E-state index is 0.665. The third-order valence-corrected chi connectivity index (χ3v) is 5.42. The average molecular weight is 286 g/mol. The molecular weight excluding hydrogens is 266 g/mol. The van der Waals surface area contributed by atoms with E-state index >= 15 is 0 Å². The highest BCUT2D eigenvalue weighted by atomic mass is 35.5. The Hall–Kier alpha value is -0.160. The Kier molecular flexibility index (Phi) is 3.89. The van der Waals surface area contributed by atoms with Crippen molar-refractivity contribution in [1.82, 2.24) is 14.8 Å². The number of rotatable bonds is 3. The van der Waals surface area contributed by atoms with Crippen LogP contribution in [-0.2, 0) is 6.54 Å². The van der Waals surface area contributed by atoms with Crippen LogP contribution < -0.4 is 0 Å². The molecule has 3 heterocycles. The van der Waals surface area contributed by atoms with Crippen LogP contribution in [0.15, 0.2) is 6.20 Å². The van der Waals surface area contributed by atoms with Crippen LogP contribution in [0.3, 0.4) is 0 Å². The van der Waals surface area contributed by atoms with Crippen LogP contribution in [0.5, 0.6) is 0 Å². The number of likely N-dealkylation sites (N-methyl/N-ethyl adjacent to an activating group) is 1. The normalized spacial score (nSPS) is 30.3. The molecule has 0 amide bonds. The maximum atomic E-state index is 5.91. The van der Waals surface area contributed by atoms with Gasteiger partial charge in [-0.3, -0.25) is 4.90 Å². The number of thiazole rings is 1. The van der Waals surface area contributed by atoms with Gasteiger partial charge in [0.15, 0.2) is 4.47 Å². The lowest BCUT2D eigenvalue weighted by molar-refractivity contribution is 0.148. The van der Waals surface area contributed by atoms with Gasteiger partial charge in [0.25, 0.3) is 0 Å². The van der Waals surface area contributed by atoms with Crippen molar-refractivity contribution in [3.63, 3.8) is 0 Å². The lowest BCUT2D eigenvalue weighted by atomic mass is 10.0. The number of nitrogens with zero attached hydrogens (tertiary/aromatic N) is 3. The van der Waals surface area contributed by atoms with Gasteiger partial charge in [-0.25, -0.2) is 4.98 Å². The lowest BCUT2D eigenvalue weighted by Gasteiger charge is -2.32. The molecule has 1 aromatic heterocycles. The highest BCUT2D eigenvalue weighted by Crippen LogP contribution is 2.31. The molecule has 2 aliphatic rings. The number of hydrogen-bond donors (Lipinski definition) is 0. The van der Waals surface area contributed by atoms with Gasteiger partial charge < -0.3 is 4.90 Å². The molecule has 2 atom stereocenters. The summed E-state index contributed by atoms with van der Waals surface area (Å²) < 4.78 is 0.665. The van der Waals surface area contributed by atoms with E-state index in [2.05, 4.69) is 21.8 Å². The fraction of sp³-hybridized carbons (Fsp3) is 0.769. The fourth-order valence-electron chi connectivity index (χ4n) is 3.46. The molecule has 0 N–H and O–H groups in total. The van der Waals surface area contributed by atoms with Gasteiger partial charge in [0.05, 0.1) is 0 Å². The molecule has 3 rings (SSSR count). The highest BCUT2D eigenvalue weighted by Gasteiger charge is 2.36. The summed E-state index contributed by atoms with van der Waals surface area (Å²) >= 11 is 7.53. The summed E-state index contributed by atoms with van der Waals surface area (Å²) in [4.78, 5) is 10.6. The van der Waals surface area contributed by atoms with Crippen molar-refractivity contribution >= 4 is 22.9 Å².